The Morgan fingerprint density at radius 3 is 2.32 bits per heavy atom. The van der Waals surface area contributed by atoms with Crippen LogP contribution in [0, 0.1) is 5.92 Å². The molecule has 9 nitrogen and oxygen atoms in total. The van der Waals surface area contributed by atoms with Gasteiger partial charge in [0, 0.05) is 28.3 Å². The fraction of sp³-hybridized carbons (Fsp3) is 0.303. The van der Waals surface area contributed by atoms with Gasteiger partial charge in [-0.2, -0.15) is 5.10 Å². The number of fused-ring (bicyclic) bond motifs is 1. The molecule has 1 N–H and O–H groups in total. The molecule has 0 saturated heterocycles. The zero-order valence-electron chi connectivity index (χ0n) is 25.3. The SMILES string of the molecule is COc1ccc(-n2nc(-c3ccc(Cl)cc3)c3c2N(CC(=O)NCC(C)C)C(=O)CS[C@H]3c2cc(OC)ccc2OC)cc1. The van der Waals surface area contributed by atoms with Gasteiger partial charge >= 0.3 is 0 Å². The van der Waals surface area contributed by atoms with E-state index < -0.39 is 5.25 Å². The van der Waals surface area contributed by atoms with Crippen LogP contribution in [0.1, 0.15) is 30.2 Å². The molecular weight excluding hydrogens is 600 g/mol. The molecule has 1 aliphatic rings. The summed E-state index contributed by atoms with van der Waals surface area (Å²) in [6.45, 7) is 4.38. The second-order valence-corrected chi connectivity index (χ2v) is 12.2. The predicted molar refractivity (Wildman–Crippen MR) is 175 cm³/mol. The number of aromatic nitrogens is 2. The van der Waals surface area contributed by atoms with Gasteiger partial charge in [0.15, 0.2) is 0 Å². The Bertz CT molecular complexity index is 1640. The lowest BCUT2D eigenvalue weighted by Crippen LogP contribution is -2.43. The van der Waals surface area contributed by atoms with E-state index in [1.807, 2.05) is 80.6 Å². The highest BCUT2D eigenvalue weighted by atomic mass is 35.5. The lowest BCUT2D eigenvalue weighted by Gasteiger charge is -2.24. The summed E-state index contributed by atoms with van der Waals surface area (Å²) in [7, 11) is 4.83. The van der Waals surface area contributed by atoms with Crippen LogP contribution in [0.2, 0.25) is 5.02 Å². The minimum atomic E-state index is -0.402. The van der Waals surface area contributed by atoms with E-state index in [4.69, 9.17) is 30.9 Å². The number of nitrogens with one attached hydrogen (secondary N) is 1. The van der Waals surface area contributed by atoms with Gasteiger partial charge < -0.3 is 19.5 Å². The number of nitrogens with zero attached hydrogens (tertiary/aromatic N) is 3. The molecule has 2 heterocycles. The molecular formula is C33H35ClN4O5S. The number of anilines is 1. The molecule has 1 atom stereocenters. The van der Waals surface area contributed by atoms with E-state index in [9.17, 15) is 9.59 Å². The summed E-state index contributed by atoms with van der Waals surface area (Å²) in [5, 5.41) is 8.27. The molecule has 0 unspecified atom stereocenters. The first-order valence-electron chi connectivity index (χ1n) is 14.2. The number of rotatable bonds is 10. The molecule has 0 fully saturated rings. The van der Waals surface area contributed by atoms with Crippen molar-refractivity contribution < 1.29 is 23.8 Å². The average Bonchev–Trinajstić information content (AvgIpc) is 3.36. The predicted octanol–water partition coefficient (Wildman–Crippen LogP) is 6.16. The fourth-order valence-corrected chi connectivity index (χ4v) is 6.39. The molecule has 4 aromatic rings. The van der Waals surface area contributed by atoms with Crippen molar-refractivity contribution >= 4 is 41.0 Å². The van der Waals surface area contributed by atoms with E-state index in [1.165, 1.54) is 11.8 Å². The Balaban J connectivity index is 1.80. The van der Waals surface area contributed by atoms with E-state index in [1.54, 1.807) is 30.9 Å². The lowest BCUT2D eigenvalue weighted by atomic mass is 9.98. The third-order valence-corrected chi connectivity index (χ3v) is 8.74. The van der Waals surface area contributed by atoms with Gasteiger partial charge in [0.25, 0.3) is 0 Å². The van der Waals surface area contributed by atoms with E-state index in [0.717, 1.165) is 16.7 Å². The third kappa shape index (κ3) is 6.51. The number of thioether (sulfide) groups is 1. The minimum absolute atomic E-state index is 0.125. The molecule has 0 spiro atoms. The molecule has 0 radical (unpaired) electrons. The standard InChI is InChI=1S/C33H35ClN4O5S/c1-20(2)17-35-28(39)18-37-29(40)19-44-32(26-16-25(42-4)14-15-27(26)43-5)30-31(21-6-8-22(34)9-7-21)36-38(33(30)37)23-10-12-24(41-3)13-11-23/h6-16,20,32H,17-19H2,1-5H3,(H,35,39)/t32-/m0/s1. The molecule has 44 heavy (non-hydrogen) atoms. The fourth-order valence-electron chi connectivity index (χ4n) is 5.05. The van der Waals surface area contributed by atoms with E-state index >= 15 is 0 Å². The monoisotopic (exact) mass is 634 g/mol. The Morgan fingerprint density at radius 1 is 1.00 bits per heavy atom. The van der Waals surface area contributed by atoms with E-state index in [2.05, 4.69) is 5.32 Å². The van der Waals surface area contributed by atoms with E-state index in [0.29, 0.717) is 46.0 Å². The maximum Gasteiger partial charge on any atom is 0.240 e. The van der Waals surface area contributed by atoms with Crippen molar-refractivity contribution in [3.8, 4) is 34.2 Å². The Morgan fingerprint density at radius 2 is 1.68 bits per heavy atom. The van der Waals surface area contributed by atoms with E-state index in [-0.39, 0.29) is 30.0 Å². The molecule has 0 bridgehead atoms. The van der Waals surface area contributed by atoms with Crippen molar-refractivity contribution in [2.45, 2.75) is 19.1 Å². The average molecular weight is 635 g/mol. The van der Waals surface area contributed by atoms with Crippen LogP contribution in [0.3, 0.4) is 0 Å². The van der Waals surface area contributed by atoms with Gasteiger partial charge in [0.05, 0.1) is 43.7 Å². The van der Waals surface area contributed by atoms with Crippen LogP contribution in [0.5, 0.6) is 17.2 Å². The highest BCUT2D eigenvalue weighted by molar-refractivity contribution is 8.00. The van der Waals surface area contributed by atoms with Gasteiger partial charge in [-0.25, -0.2) is 4.68 Å². The number of hydrogen-bond donors (Lipinski definition) is 1. The molecule has 2 amide bonds. The summed E-state index contributed by atoms with van der Waals surface area (Å²) in [6.07, 6.45) is 0. The maximum atomic E-state index is 14.0. The normalized spacial score (nSPS) is 14.7. The number of hydrogen-bond acceptors (Lipinski definition) is 7. The Kier molecular flexibility index (Phi) is 9.71. The van der Waals surface area contributed by atoms with Gasteiger partial charge in [0.1, 0.15) is 29.6 Å². The zero-order chi connectivity index (χ0) is 31.4. The number of benzene rings is 3. The molecule has 3 aromatic carbocycles. The van der Waals surface area contributed by atoms with Crippen molar-refractivity contribution in [3.05, 3.63) is 82.9 Å². The van der Waals surface area contributed by atoms with Gasteiger partial charge in [0.2, 0.25) is 11.8 Å². The summed E-state index contributed by atoms with van der Waals surface area (Å²) in [5.74, 6) is 2.40. The van der Waals surface area contributed by atoms with Gasteiger partial charge in [-0.3, -0.25) is 14.5 Å². The van der Waals surface area contributed by atoms with Crippen LogP contribution in [0.4, 0.5) is 5.82 Å². The van der Waals surface area contributed by atoms with Crippen LogP contribution in [-0.4, -0.2) is 61.8 Å². The first-order valence-corrected chi connectivity index (χ1v) is 15.6. The van der Waals surface area contributed by atoms with Crippen molar-refractivity contribution in [1.29, 1.82) is 0 Å². The summed E-state index contributed by atoms with van der Waals surface area (Å²) in [4.78, 5) is 28.8. The van der Waals surface area contributed by atoms with Crippen LogP contribution in [0.15, 0.2) is 66.7 Å². The smallest absolute Gasteiger partial charge is 0.240 e. The van der Waals surface area contributed by atoms with Crippen LogP contribution >= 0.6 is 23.4 Å². The van der Waals surface area contributed by atoms with Gasteiger partial charge in [-0.15, -0.1) is 11.8 Å². The first-order chi connectivity index (χ1) is 21.2. The zero-order valence-corrected chi connectivity index (χ0v) is 26.9. The number of carbonyl (C=O) groups excluding carboxylic acids is 2. The highest BCUT2D eigenvalue weighted by Crippen LogP contribution is 2.51. The number of methoxy groups -OCH3 is 3. The van der Waals surface area contributed by atoms with Gasteiger partial charge in [-0.05, 0) is 60.5 Å². The first kappa shape index (κ1) is 31.3. The Hall–Kier alpha value is -4.15. The lowest BCUT2D eigenvalue weighted by molar-refractivity contribution is -0.123. The summed E-state index contributed by atoms with van der Waals surface area (Å²) < 4.78 is 18.5. The summed E-state index contributed by atoms with van der Waals surface area (Å²) in [5.41, 5.74) is 3.75. The van der Waals surface area contributed by atoms with Crippen LogP contribution in [0.25, 0.3) is 16.9 Å². The van der Waals surface area contributed by atoms with Gasteiger partial charge in [-0.1, -0.05) is 37.6 Å². The quantitative estimate of drug-likeness (QED) is 0.223. The molecule has 230 valence electrons. The molecule has 0 saturated carbocycles. The molecule has 11 heteroatoms. The maximum absolute atomic E-state index is 14.0. The molecule has 1 aromatic heterocycles. The molecule has 0 aliphatic carbocycles. The molecule has 1 aliphatic heterocycles. The van der Waals surface area contributed by atoms with Crippen LogP contribution < -0.4 is 24.4 Å². The summed E-state index contributed by atoms with van der Waals surface area (Å²) in [6, 6.07) is 20.5. The second kappa shape index (κ2) is 13.7. The summed E-state index contributed by atoms with van der Waals surface area (Å²) >= 11 is 7.73. The van der Waals surface area contributed by atoms with Crippen molar-refractivity contribution in [2.24, 2.45) is 5.92 Å². The largest absolute Gasteiger partial charge is 0.497 e. The van der Waals surface area contributed by atoms with Crippen molar-refractivity contribution in [2.75, 3.05) is 45.1 Å². The van der Waals surface area contributed by atoms with Crippen LogP contribution in [-0.2, 0) is 9.59 Å². The third-order valence-electron chi connectivity index (χ3n) is 7.25. The number of carbonyl (C=O) groups is 2. The Labute approximate surface area is 266 Å². The number of ether oxygens (including phenoxy) is 3. The highest BCUT2D eigenvalue weighted by Gasteiger charge is 2.39. The number of halogens is 1. The van der Waals surface area contributed by atoms with Crippen molar-refractivity contribution in [1.82, 2.24) is 15.1 Å². The second-order valence-electron chi connectivity index (χ2n) is 10.7. The molecule has 5 rings (SSSR count). The topological polar surface area (TPSA) is 94.9 Å². The minimum Gasteiger partial charge on any atom is -0.497 e. The van der Waals surface area contributed by atoms with Crippen molar-refractivity contribution in [3.63, 3.8) is 0 Å². The number of amides is 2.